The Hall–Kier alpha value is -3.37. The first-order valence-electron chi connectivity index (χ1n) is 12.2. The molecule has 2 fully saturated rings. The fourth-order valence-electron chi connectivity index (χ4n) is 4.75. The SMILES string of the molecule is Cc1ccccc1-c1noc(CN2CCN(C(C)C(=O)N3CCN(c4ncccn4)CC3)CC2)n1. The van der Waals surface area contributed by atoms with E-state index >= 15 is 0 Å². The molecule has 1 atom stereocenters. The van der Waals surface area contributed by atoms with Gasteiger partial charge in [0.05, 0.1) is 12.6 Å². The molecule has 184 valence electrons. The van der Waals surface area contributed by atoms with Crippen LogP contribution in [0.5, 0.6) is 0 Å². The summed E-state index contributed by atoms with van der Waals surface area (Å²) in [6, 6.07) is 9.73. The fraction of sp³-hybridized carbons (Fsp3) is 0.480. The molecule has 0 spiro atoms. The summed E-state index contributed by atoms with van der Waals surface area (Å²) in [5.41, 5.74) is 2.12. The smallest absolute Gasteiger partial charge is 0.241 e. The highest BCUT2D eigenvalue weighted by atomic mass is 16.5. The van der Waals surface area contributed by atoms with E-state index in [9.17, 15) is 4.79 Å². The Bertz CT molecular complexity index is 1120. The molecule has 2 aliphatic rings. The summed E-state index contributed by atoms with van der Waals surface area (Å²) in [5.74, 6) is 2.19. The lowest BCUT2D eigenvalue weighted by atomic mass is 10.1. The van der Waals surface area contributed by atoms with Crippen LogP contribution in [0.25, 0.3) is 11.4 Å². The molecule has 0 bridgehead atoms. The summed E-state index contributed by atoms with van der Waals surface area (Å²) < 4.78 is 5.52. The standard InChI is InChI=1S/C25H32N8O2/c1-19-6-3-4-7-21(19)23-28-22(35-29-23)18-30-10-12-31(13-11-30)20(2)24(34)32-14-16-33(17-15-32)25-26-8-5-9-27-25/h3-9,20H,10-18H2,1-2H3. The zero-order valence-electron chi connectivity index (χ0n) is 20.4. The van der Waals surface area contributed by atoms with Gasteiger partial charge >= 0.3 is 0 Å². The third kappa shape index (κ3) is 5.33. The Balaban J connectivity index is 1.09. The summed E-state index contributed by atoms with van der Waals surface area (Å²) in [7, 11) is 0. The molecule has 10 heteroatoms. The lowest BCUT2D eigenvalue weighted by molar-refractivity contribution is -0.137. The molecule has 2 aromatic heterocycles. The van der Waals surface area contributed by atoms with Crippen molar-refractivity contribution in [2.45, 2.75) is 26.4 Å². The average molecular weight is 477 g/mol. The van der Waals surface area contributed by atoms with Crippen molar-refractivity contribution >= 4 is 11.9 Å². The molecule has 0 radical (unpaired) electrons. The van der Waals surface area contributed by atoms with Crippen LogP contribution in [-0.2, 0) is 11.3 Å². The molecule has 10 nitrogen and oxygen atoms in total. The summed E-state index contributed by atoms with van der Waals surface area (Å²) >= 11 is 0. The normalized spacial score (nSPS) is 18.6. The van der Waals surface area contributed by atoms with Crippen LogP contribution in [0.2, 0.25) is 0 Å². The van der Waals surface area contributed by atoms with Gasteiger partial charge in [0.15, 0.2) is 0 Å². The second-order valence-corrected chi connectivity index (χ2v) is 9.18. The Labute approximate surface area is 205 Å². The highest BCUT2D eigenvalue weighted by Gasteiger charge is 2.31. The molecule has 4 heterocycles. The predicted octanol–water partition coefficient (Wildman–Crippen LogP) is 1.69. The Morgan fingerprint density at radius 1 is 0.971 bits per heavy atom. The van der Waals surface area contributed by atoms with Crippen LogP contribution >= 0.6 is 0 Å². The Kier molecular flexibility index (Phi) is 7.01. The van der Waals surface area contributed by atoms with Gasteiger partial charge in [0.1, 0.15) is 0 Å². The quantitative estimate of drug-likeness (QED) is 0.527. The Morgan fingerprint density at radius 3 is 2.40 bits per heavy atom. The minimum absolute atomic E-state index is 0.132. The van der Waals surface area contributed by atoms with Crippen LogP contribution in [0.3, 0.4) is 0 Å². The number of piperazine rings is 2. The highest BCUT2D eigenvalue weighted by Crippen LogP contribution is 2.21. The van der Waals surface area contributed by atoms with E-state index in [1.165, 1.54) is 0 Å². The van der Waals surface area contributed by atoms with Crippen molar-refractivity contribution in [3.05, 3.63) is 54.2 Å². The van der Waals surface area contributed by atoms with Gasteiger partial charge in [0, 0.05) is 70.3 Å². The number of hydrogen-bond acceptors (Lipinski definition) is 9. The van der Waals surface area contributed by atoms with Crippen molar-refractivity contribution in [2.75, 3.05) is 57.3 Å². The van der Waals surface area contributed by atoms with E-state index in [4.69, 9.17) is 4.52 Å². The maximum atomic E-state index is 13.2. The number of hydrogen-bond donors (Lipinski definition) is 0. The zero-order valence-corrected chi connectivity index (χ0v) is 20.4. The van der Waals surface area contributed by atoms with Gasteiger partial charge in [-0.1, -0.05) is 29.4 Å². The molecule has 2 aliphatic heterocycles. The minimum atomic E-state index is -0.132. The van der Waals surface area contributed by atoms with Crippen molar-refractivity contribution in [1.82, 2.24) is 34.8 Å². The van der Waals surface area contributed by atoms with Gasteiger partial charge in [0.25, 0.3) is 0 Å². The number of aryl methyl sites for hydroxylation is 1. The summed E-state index contributed by atoms with van der Waals surface area (Å²) in [5, 5.41) is 4.17. The first-order valence-corrected chi connectivity index (χ1v) is 12.2. The number of rotatable bonds is 6. The first-order chi connectivity index (χ1) is 17.1. The second-order valence-electron chi connectivity index (χ2n) is 9.18. The number of benzene rings is 1. The number of aromatic nitrogens is 4. The van der Waals surface area contributed by atoms with E-state index in [0.29, 0.717) is 31.3 Å². The van der Waals surface area contributed by atoms with E-state index in [0.717, 1.165) is 56.3 Å². The molecular weight excluding hydrogens is 444 g/mol. The second kappa shape index (κ2) is 10.5. The molecular formula is C25H32N8O2. The largest absolute Gasteiger partial charge is 0.338 e. The van der Waals surface area contributed by atoms with Gasteiger partial charge in [-0.3, -0.25) is 14.6 Å². The van der Waals surface area contributed by atoms with Gasteiger partial charge in [-0.2, -0.15) is 4.98 Å². The van der Waals surface area contributed by atoms with Gasteiger partial charge in [-0.05, 0) is 25.5 Å². The van der Waals surface area contributed by atoms with Crippen molar-refractivity contribution in [1.29, 1.82) is 0 Å². The number of carbonyl (C=O) groups excluding carboxylic acids is 1. The van der Waals surface area contributed by atoms with Crippen molar-refractivity contribution in [2.24, 2.45) is 0 Å². The number of carbonyl (C=O) groups is 1. The van der Waals surface area contributed by atoms with Gasteiger partial charge < -0.3 is 14.3 Å². The monoisotopic (exact) mass is 476 g/mol. The summed E-state index contributed by atoms with van der Waals surface area (Å²) in [4.78, 5) is 35.1. The van der Waals surface area contributed by atoms with Crippen LogP contribution < -0.4 is 4.90 Å². The van der Waals surface area contributed by atoms with Gasteiger partial charge in [-0.25, -0.2) is 9.97 Å². The van der Waals surface area contributed by atoms with Crippen LogP contribution in [0.15, 0.2) is 47.2 Å². The van der Waals surface area contributed by atoms with Crippen LogP contribution in [-0.4, -0.2) is 99.1 Å². The molecule has 0 saturated carbocycles. The van der Waals surface area contributed by atoms with E-state index in [2.05, 4.69) is 34.8 Å². The van der Waals surface area contributed by atoms with Gasteiger partial charge in [0.2, 0.25) is 23.6 Å². The van der Waals surface area contributed by atoms with Crippen LogP contribution in [0.4, 0.5) is 5.95 Å². The molecule has 5 rings (SSSR count). The summed E-state index contributed by atoms with van der Waals surface area (Å²) in [6.07, 6.45) is 3.51. The molecule has 3 aromatic rings. The van der Waals surface area contributed by atoms with Gasteiger partial charge in [-0.15, -0.1) is 0 Å². The molecule has 0 N–H and O–H groups in total. The van der Waals surface area contributed by atoms with Crippen LogP contribution in [0.1, 0.15) is 18.4 Å². The molecule has 2 saturated heterocycles. The third-order valence-electron chi connectivity index (χ3n) is 6.95. The number of nitrogens with zero attached hydrogens (tertiary/aromatic N) is 8. The lowest BCUT2D eigenvalue weighted by Crippen LogP contribution is -2.57. The third-order valence-corrected chi connectivity index (χ3v) is 6.95. The van der Waals surface area contributed by atoms with Crippen molar-refractivity contribution in [3.8, 4) is 11.4 Å². The maximum absolute atomic E-state index is 13.2. The van der Waals surface area contributed by atoms with E-state index < -0.39 is 0 Å². The van der Waals surface area contributed by atoms with Crippen molar-refractivity contribution < 1.29 is 9.32 Å². The van der Waals surface area contributed by atoms with Crippen LogP contribution in [0, 0.1) is 6.92 Å². The zero-order chi connectivity index (χ0) is 24.2. The average Bonchev–Trinajstić information content (AvgIpc) is 3.37. The van der Waals surface area contributed by atoms with E-state index in [-0.39, 0.29) is 11.9 Å². The summed E-state index contributed by atoms with van der Waals surface area (Å²) in [6.45, 7) is 11.0. The number of amides is 1. The molecule has 35 heavy (non-hydrogen) atoms. The lowest BCUT2D eigenvalue weighted by Gasteiger charge is -2.40. The van der Waals surface area contributed by atoms with E-state index in [1.807, 2.05) is 49.1 Å². The maximum Gasteiger partial charge on any atom is 0.241 e. The number of anilines is 1. The van der Waals surface area contributed by atoms with Crippen molar-refractivity contribution in [3.63, 3.8) is 0 Å². The Morgan fingerprint density at radius 2 is 1.69 bits per heavy atom. The molecule has 1 aromatic carbocycles. The molecule has 1 unspecified atom stereocenters. The molecule has 1 amide bonds. The first kappa shape index (κ1) is 23.4. The minimum Gasteiger partial charge on any atom is -0.338 e. The predicted molar refractivity (Wildman–Crippen MR) is 132 cm³/mol. The fourth-order valence-corrected chi connectivity index (χ4v) is 4.75. The molecule has 0 aliphatic carbocycles. The topological polar surface area (TPSA) is 94.7 Å². The van der Waals surface area contributed by atoms with E-state index in [1.54, 1.807) is 12.4 Å². The highest BCUT2D eigenvalue weighted by molar-refractivity contribution is 5.81.